The average Bonchev–Trinajstić information content (AvgIpc) is 2.09. The number of unbranched alkanes of at least 4 members (excludes halogenated alkanes) is 1. The quantitative estimate of drug-likeness (QED) is 0.507. The molecule has 0 radical (unpaired) electrons. The molecule has 0 saturated heterocycles. The van der Waals surface area contributed by atoms with Crippen molar-refractivity contribution in [3.63, 3.8) is 0 Å². The van der Waals surface area contributed by atoms with E-state index in [1.807, 2.05) is 12.1 Å². The Labute approximate surface area is 84.4 Å². The number of nitrogens with two attached hydrogens (primary N) is 1. The van der Waals surface area contributed by atoms with Gasteiger partial charge in [-0.25, -0.2) is 0 Å². The summed E-state index contributed by atoms with van der Waals surface area (Å²) in [6, 6.07) is 8.36. The van der Waals surface area contributed by atoms with E-state index < -0.39 is 0 Å². The fourth-order valence-corrected chi connectivity index (χ4v) is 3.74. The van der Waals surface area contributed by atoms with Crippen LogP contribution < -0.4 is 9.35 Å². The summed E-state index contributed by atoms with van der Waals surface area (Å²) in [5.74, 6) is 0. The van der Waals surface area contributed by atoms with Crippen molar-refractivity contribution in [1.29, 1.82) is 0 Å². The number of benzene rings is 1. The Morgan fingerprint density at radius 2 is 1.92 bits per heavy atom. The van der Waals surface area contributed by atoms with E-state index in [0.29, 0.717) is 0 Å². The third-order valence-corrected chi connectivity index (χ3v) is 4.78. The molecule has 0 unspecified atom stereocenters. The molecule has 2 N–H and O–H groups in total. The van der Waals surface area contributed by atoms with E-state index in [1.54, 1.807) is 0 Å². The van der Waals surface area contributed by atoms with Gasteiger partial charge in [-0.3, -0.25) is 0 Å². The molecule has 66 valence electrons. The Morgan fingerprint density at radius 3 is 2.50 bits per heavy atom. The minimum atomic E-state index is 0.0817. The van der Waals surface area contributed by atoms with Crippen LogP contribution >= 0.6 is 0 Å². The molecule has 0 aliphatic rings. The van der Waals surface area contributed by atoms with Crippen molar-refractivity contribution in [1.82, 2.24) is 0 Å². The molecule has 1 aromatic carbocycles. The van der Waals surface area contributed by atoms with Gasteiger partial charge in [0.2, 0.25) is 0 Å². The molecule has 12 heavy (non-hydrogen) atoms. The molecule has 0 saturated carbocycles. The summed E-state index contributed by atoms with van der Waals surface area (Å²) in [6.07, 6.45) is 2.70. The van der Waals surface area contributed by atoms with Gasteiger partial charge < -0.3 is 0 Å². The maximum absolute atomic E-state index is 5.60. The normalized spacial score (nSPS) is 10.1. The Balaban J connectivity index is 2.37. The van der Waals surface area contributed by atoms with E-state index in [4.69, 9.17) is 5.73 Å². The standard InChI is InChI=1S/C10H15NTe/c1-2-3-8-12-10-6-4-9(11)5-7-10/h4-7H,2-3,8,11H2,1H3. The molecule has 1 nitrogen and oxygen atoms in total. The molecule has 0 aliphatic heterocycles. The van der Waals surface area contributed by atoms with Crippen LogP contribution in [-0.2, 0) is 0 Å². The van der Waals surface area contributed by atoms with E-state index in [2.05, 4.69) is 19.1 Å². The third kappa shape index (κ3) is 3.47. The van der Waals surface area contributed by atoms with Crippen LogP contribution in [0.3, 0.4) is 0 Å². The molecule has 1 aromatic rings. The fourth-order valence-electron chi connectivity index (χ4n) is 0.898. The van der Waals surface area contributed by atoms with Crippen LogP contribution in [0.2, 0.25) is 4.47 Å². The van der Waals surface area contributed by atoms with Gasteiger partial charge in [0, 0.05) is 0 Å². The molecule has 0 fully saturated rings. The van der Waals surface area contributed by atoms with Gasteiger partial charge >= 0.3 is 84.5 Å². The summed E-state index contributed by atoms with van der Waals surface area (Å²) in [5.41, 5.74) is 6.47. The molecule has 2 heteroatoms. The average molecular weight is 277 g/mol. The van der Waals surface area contributed by atoms with E-state index >= 15 is 0 Å². The molecule has 0 spiro atoms. The molecule has 0 amide bonds. The predicted molar refractivity (Wildman–Crippen MR) is 56.0 cm³/mol. The predicted octanol–water partition coefficient (Wildman–Crippen LogP) is 1.82. The van der Waals surface area contributed by atoms with E-state index in [1.165, 1.54) is 20.9 Å². The van der Waals surface area contributed by atoms with E-state index in [-0.39, 0.29) is 20.9 Å². The first kappa shape index (κ1) is 9.89. The van der Waals surface area contributed by atoms with Gasteiger partial charge in [0.15, 0.2) is 0 Å². The van der Waals surface area contributed by atoms with Gasteiger partial charge in [-0.05, 0) is 0 Å². The van der Waals surface area contributed by atoms with Crippen molar-refractivity contribution in [2.75, 3.05) is 5.73 Å². The second-order valence-corrected chi connectivity index (χ2v) is 6.11. The SMILES string of the molecule is CCCC[Te]c1ccc(N)cc1. The van der Waals surface area contributed by atoms with Crippen molar-refractivity contribution in [3.8, 4) is 0 Å². The zero-order valence-corrected chi connectivity index (χ0v) is 9.75. The van der Waals surface area contributed by atoms with Crippen LogP contribution in [0.1, 0.15) is 19.8 Å². The summed E-state index contributed by atoms with van der Waals surface area (Å²) in [7, 11) is 0. The number of hydrogen-bond acceptors (Lipinski definition) is 1. The van der Waals surface area contributed by atoms with Crippen molar-refractivity contribution >= 4 is 30.2 Å². The van der Waals surface area contributed by atoms with Crippen LogP contribution in [0.4, 0.5) is 5.69 Å². The molecule has 1 rings (SSSR count). The first-order valence-corrected chi connectivity index (χ1v) is 7.12. The second-order valence-electron chi connectivity index (χ2n) is 2.77. The van der Waals surface area contributed by atoms with Crippen LogP contribution in [-0.4, -0.2) is 20.9 Å². The summed E-state index contributed by atoms with van der Waals surface area (Å²) in [6.45, 7) is 2.25. The number of rotatable bonds is 4. The molecule has 0 aliphatic carbocycles. The summed E-state index contributed by atoms with van der Waals surface area (Å²) < 4.78 is 2.95. The number of hydrogen-bond donors (Lipinski definition) is 1. The Kier molecular flexibility index (Phi) is 4.50. The zero-order valence-electron chi connectivity index (χ0n) is 7.42. The summed E-state index contributed by atoms with van der Waals surface area (Å²) in [4.78, 5) is 0. The Morgan fingerprint density at radius 1 is 1.25 bits per heavy atom. The first-order chi connectivity index (χ1) is 5.83. The van der Waals surface area contributed by atoms with Crippen LogP contribution in [0.25, 0.3) is 0 Å². The van der Waals surface area contributed by atoms with Gasteiger partial charge in [-0.2, -0.15) is 0 Å². The first-order valence-electron chi connectivity index (χ1n) is 4.31. The fraction of sp³-hybridized carbons (Fsp3) is 0.400. The summed E-state index contributed by atoms with van der Waals surface area (Å²) >= 11 is 0.0817. The molecule has 0 aromatic heterocycles. The monoisotopic (exact) mass is 279 g/mol. The Bertz CT molecular complexity index is 218. The van der Waals surface area contributed by atoms with E-state index in [0.717, 1.165) is 5.69 Å². The third-order valence-electron chi connectivity index (χ3n) is 1.65. The van der Waals surface area contributed by atoms with Gasteiger partial charge in [-0.15, -0.1) is 0 Å². The van der Waals surface area contributed by atoms with Crippen molar-refractivity contribution in [2.45, 2.75) is 24.2 Å². The summed E-state index contributed by atoms with van der Waals surface area (Å²) in [5, 5.41) is 0. The van der Waals surface area contributed by atoms with Gasteiger partial charge in [0.05, 0.1) is 0 Å². The van der Waals surface area contributed by atoms with E-state index in [9.17, 15) is 0 Å². The Hall–Kier alpha value is -0.190. The van der Waals surface area contributed by atoms with Crippen LogP contribution in [0.5, 0.6) is 0 Å². The van der Waals surface area contributed by atoms with Crippen molar-refractivity contribution in [3.05, 3.63) is 24.3 Å². The van der Waals surface area contributed by atoms with Gasteiger partial charge in [-0.1, -0.05) is 0 Å². The molecule has 0 atom stereocenters. The van der Waals surface area contributed by atoms with Crippen LogP contribution in [0.15, 0.2) is 24.3 Å². The number of nitrogen functional groups attached to an aromatic ring is 1. The second kappa shape index (κ2) is 5.45. The number of anilines is 1. The zero-order chi connectivity index (χ0) is 8.81. The van der Waals surface area contributed by atoms with Gasteiger partial charge in [0.25, 0.3) is 0 Å². The maximum atomic E-state index is 5.60. The molecule has 0 heterocycles. The molecular formula is C10H15NTe. The molecular weight excluding hydrogens is 262 g/mol. The minimum absolute atomic E-state index is 0.0817. The van der Waals surface area contributed by atoms with Crippen LogP contribution in [0, 0.1) is 0 Å². The van der Waals surface area contributed by atoms with Crippen molar-refractivity contribution in [2.24, 2.45) is 0 Å². The topological polar surface area (TPSA) is 26.0 Å². The van der Waals surface area contributed by atoms with Crippen molar-refractivity contribution < 1.29 is 0 Å². The van der Waals surface area contributed by atoms with Gasteiger partial charge in [0.1, 0.15) is 0 Å². The molecule has 0 bridgehead atoms.